The van der Waals surface area contributed by atoms with Crippen LogP contribution in [0.2, 0.25) is 0 Å². The van der Waals surface area contributed by atoms with Crippen molar-refractivity contribution in [3.05, 3.63) is 0 Å². The molecule has 1 unspecified atom stereocenters. The molecule has 0 rings (SSSR count). The van der Waals surface area contributed by atoms with Crippen molar-refractivity contribution in [1.82, 2.24) is 6.15 Å². The molecular weight excluding hydrogens is 136 g/mol. The fourth-order valence-electron chi connectivity index (χ4n) is 0. The van der Waals surface area contributed by atoms with Gasteiger partial charge in [0.2, 0.25) is 0 Å². The standard InChI is InChI=1S/C3H7NO2.Ca.H3N.2H/c1-2(4)3(5)6;;;;/h2H,4H2,1H3,(H,5,6);;1H3;;/q;+2;;2*-1. The maximum absolute atomic E-state index is 9.57. The molecule has 0 aliphatic heterocycles. The summed E-state index contributed by atoms with van der Waals surface area (Å²) < 4.78 is 0. The maximum atomic E-state index is 9.57. The van der Waals surface area contributed by atoms with E-state index in [1.165, 1.54) is 6.92 Å². The van der Waals surface area contributed by atoms with Gasteiger partial charge in [0.15, 0.2) is 0 Å². The van der Waals surface area contributed by atoms with Gasteiger partial charge in [-0.25, -0.2) is 0 Å². The van der Waals surface area contributed by atoms with Gasteiger partial charge in [0.05, 0.1) is 0 Å². The maximum Gasteiger partial charge on any atom is 2.00 e. The van der Waals surface area contributed by atoms with Gasteiger partial charge in [-0.15, -0.1) is 0 Å². The largest absolute Gasteiger partial charge is 2.00 e. The van der Waals surface area contributed by atoms with Crippen LogP contribution in [-0.2, 0) is 4.79 Å². The zero-order chi connectivity index (χ0) is 5.15. The van der Waals surface area contributed by atoms with E-state index in [1.54, 1.807) is 0 Å². The van der Waals surface area contributed by atoms with E-state index in [9.17, 15) is 4.79 Å². The van der Waals surface area contributed by atoms with Crippen molar-refractivity contribution in [3.8, 4) is 0 Å². The van der Waals surface area contributed by atoms with Gasteiger partial charge in [0, 0.05) is 0 Å². The minimum atomic E-state index is -0.963. The third-order valence-electron chi connectivity index (χ3n) is 0.390. The molecule has 0 aliphatic rings. The van der Waals surface area contributed by atoms with Crippen molar-refractivity contribution < 1.29 is 12.8 Å². The molecule has 0 heterocycles. The predicted molar refractivity (Wildman–Crippen MR) is 34.3 cm³/mol. The minimum absolute atomic E-state index is 0. The third-order valence-corrected chi connectivity index (χ3v) is 0.390. The number of hydrogen-bond acceptors (Lipinski definition) is 3. The molecule has 0 spiro atoms. The number of carboxylic acid groups (broad SMARTS) is 1. The van der Waals surface area contributed by atoms with Crippen molar-refractivity contribution in [1.29, 1.82) is 0 Å². The van der Waals surface area contributed by atoms with E-state index in [0.717, 1.165) is 0 Å². The molecule has 1 atom stereocenters. The number of rotatable bonds is 1. The normalized spacial score (nSPS) is 10.2. The molecule has 0 bridgehead atoms. The molecule has 0 aliphatic carbocycles. The molecule has 4 nitrogen and oxygen atoms in total. The first-order valence-electron chi connectivity index (χ1n) is 1.63. The molecule has 0 aromatic carbocycles. The van der Waals surface area contributed by atoms with E-state index in [-0.39, 0.29) is 46.7 Å². The summed E-state index contributed by atoms with van der Waals surface area (Å²) in [6.45, 7) is 1.42. The Balaban J connectivity index is -0.0000000208. The number of nitrogens with two attached hydrogens (primary N) is 1. The van der Waals surface area contributed by atoms with Crippen molar-refractivity contribution in [3.63, 3.8) is 0 Å². The Morgan fingerprint density at radius 2 is 2.00 bits per heavy atom. The summed E-state index contributed by atoms with van der Waals surface area (Å²) in [6.07, 6.45) is 0. The van der Waals surface area contributed by atoms with Gasteiger partial charge in [-0.3, -0.25) is 4.79 Å². The van der Waals surface area contributed by atoms with Gasteiger partial charge in [-0.2, -0.15) is 0 Å². The quantitative estimate of drug-likeness (QED) is 0.433. The number of hydrogen-bond donors (Lipinski definition) is 3. The van der Waals surface area contributed by atoms with Crippen LogP contribution >= 0.6 is 0 Å². The first-order chi connectivity index (χ1) is 2.64. The summed E-state index contributed by atoms with van der Waals surface area (Å²) in [6, 6.07) is -0.731. The second kappa shape index (κ2) is 7.65. The van der Waals surface area contributed by atoms with Crippen LogP contribution in [0, 0.1) is 0 Å². The van der Waals surface area contributed by atoms with Gasteiger partial charge in [-0.05, 0) is 6.92 Å². The van der Waals surface area contributed by atoms with Crippen molar-refractivity contribution in [2.75, 3.05) is 0 Å². The fourth-order valence-corrected chi connectivity index (χ4v) is 0. The van der Waals surface area contributed by atoms with E-state index in [2.05, 4.69) is 0 Å². The third kappa shape index (κ3) is 9.82. The van der Waals surface area contributed by atoms with Crippen LogP contribution in [-0.4, -0.2) is 54.9 Å². The Kier molecular flexibility index (Phi) is 15.2. The van der Waals surface area contributed by atoms with Gasteiger partial charge in [0.25, 0.3) is 0 Å². The summed E-state index contributed by atoms with van der Waals surface area (Å²) in [5, 5.41) is 7.87. The van der Waals surface area contributed by atoms with E-state index in [1.807, 2.05) is 0 Å². The van der Waals surface area contributed by atoms with E-state index >= 15 is 0 Å². The fraction of sp³-hybridized carbons (Fsp3) is 0.667. The molecule has 48 valence electrons. The van der Waals surface area contributed by atoms with E-state index in [4.69, 9.17) is 10.8 Å². The molecule has 0 saturated carbocycles. The summed E-state index contributed by atoms with van der Waals surface area (Å²) in [5.41, 5.74) is 4.84. The van der Waals surface area contributed by atoms with E-state index < -0.39 is 12.0 Å². The summed E-state index contributed by atoms with van der Waals surface area (Å²) in [5.74, 6) is -0.963. The summed E-state index contributed by atoms with van der Waals surface area (Å²) in [4.78, 5) is 9.57. The zero-order valence-electron chi connectivity index (χ0n) is 6.92. The Labute approximate surface area is 81.0 Å². The second-order valence-electron chi connectivity index (χ2n) is 1.13. The summed E-state index contributed by atoms with van der Waals surface area (Å²) >= 11 is 0. The molecular formula is C3H12CaN2O2. The Hall–Kier alpha value is 0.650. The number of carboxylic acids is 1. The van der Waals surface area contributed by atoms with Crippen LogP contribution in [0.4, 0.5) is 0 Å². The molecule has 6 N–H and O–H groups in total. The van der Waals surface area contributed by atoms with Crippen LogP contribution in [0.3, 0.4) is 0 Å². The van der Waals surface area contributed by atoms with Gasteiger partial charge in [0.1, 0.15) is 6.04 Å². The van der Waals surface area contributed by atoms with Crippen molar-refractivity contribution in [2.45, 2.75) is 13.0 Å². The molecule has 5 heteroatoms. The number of aliphatic carboxylic acids is 1. The smallest absolute Gasteiger partial charge is 1.00 e. The van der Waals surface area contributed by atoms with Crippen LogP contribution in [0.5, 0.6) is 0 Å². The van der Waals surface area contributed by atoms with E-state index in [0.29, 0.717) is 0 Å². The van der Waals surface area contributed by atoms with Crippen LogP contribution < -0.4 is 11.9 Å². The van der Waals surface area contributed by atoms with Gasteiger partial charge < -0.3 is 19.8 Å². The Morgan fingerprint density at radius 1 is 1.88 bits per heavy atom. The first-order valence-corrected chi connectivity index (χ1v) is 1.63. The Bertz CT molecular complexity index is 73.5. The molecule has 0 radical (unpaired) electrons. The molecule has 0 saturated heterocycles. The first kappa shape index (κ1) is 15.9. The average molecular weight is 148 g/mol. The Morgan fingerprint density at radius 3 is 2.00 bits per heavy atom. The molecule has 0 aromatic rings. The van der Waals surface area contributed by atoms with Crippen molar-refractivity contribution >= 4 is 43.7 Å². The second-order valence-corrected chi connectivity index (χ2v) is 1.13. The SMILES string of the molecule is CC(N)C(=O)O.N.[Ca+2].[H-].[H-]. The topological polar surface area (TPSA) is 98.3 Å². The van der Waals surface area contributed by atoms with Crippen LogP contribution in [0.25, 0.3) is 0 Å². The molecule has 0 amide bonds. The minimum Gasteiger partial charge on any atom is -1.00 e. The predicted octanol–water partition coefficient (Wildman–Crippen LogP) is -0.576. The summed E-state index contributed by atoms with van der Waals surface area (Å²) in [7, 11) is 0. The monoisotopic (exact) mass is 148 g/mol. The van der Waals surface area contributed by atoms with Crippen LogP contribution in [0.1, 0.15) is 9.78 Å². The molecule has 0 aromatic heterocycles. The van der Waals surface area contributed by atoms with Gasteiger partial charge >= 0.3 is 43.7 Å². The molecule has 0 fully saturated rings. The number of carbonyl (C=O) groups is 1. The van der Waals surface area contributed by atoms with Crippen LogP contribution in [0.15, 0.2) is 0 Å². The van der Waals surface area contributed by atoms with Crippen molar-refractivity contribution in [2.24, 2.45) is 5.73 Å². The van der Waals surface area contributed by atoms with Gasteiger partial charge in [-0.1, -0.05) is 0 Å². The zero-order valence-corrected chi connectivity index (χ0v) is 7.13. The molecule has 8 heavy (non-hydrogen) atoms. The average Bonchev–Trinajstić information content (AvgIpc) is 1.36.